The van der Waals surface area contributed by atoms with E-state index in [1.165, 1.54) is 27.8 Å². The summed E-state index contributed by atoms with van der Waals surface area (Å²) in [6.07, 6.45) is 31.2. The van der Waals surface area contributed by atoms with Crippen molar-refractivity contribution in [3.63, 3.8) is 0 Å². The fraction of sp³-hybridized carbons (Fsp3) is 0.385. The SMILES string of the molecule is CNCN1C=CN(CCc2ccc(N)cc2)C1.CNCN1C=CN(CCc2ccc(N=O)cc2)C1.CNCN1C=CN(CCc2ccc(NO)cc2)C1.CNCN1C=CN(CCc2ccc(NO)cc2)C1.CNCN1C=CN(CCc2ccc(NO)cc2)C1.CNCN1C=CN(CCc2ccc([N+](=O)[O-])cc2)C1.[Br-].[Br-].[Br-].[Br-].[Br-].[Br-].[OH3+].[OH3+]. The number of nitroso groups, excluding NO2 is 1. The number of non-ortho nitro benzene ring substituents is 1. The number of hydrogen-bond donors (Lipinski definition) is 13. The van der Waals surface area contributed by atoms with Crippen LogP contribution < -0.4 is 156 Å². The molecule has 12 rings (SSSR count). The highest BCUT2D eigenvalue weighted by Crippen LogP contribution is 2.19. The van der Waals surface area contributed by atoms with Crippen molar-refractivity contribution in [3.05, 3.63) is 268 Å². The molecule has 0 spiro atoms. The Morgan fingerprint density at radius 2 is 0.500 bits per heavy atom. The van der Waals surface area contributed by atoms with Gasteiger partial charge in [0.15, 0.2) is 0 Å². The van der Waals surface area contributed by atoms with Crippen molar-refractivity contribution in [1.82, 2.24) is 90.7 Å². The van der Waals surface area contributed by atoms with Crippen LogP contribution in [0.2, 0.25) is 0 Å². The number of nitrogens with zero attached hydrogens (tertiary/aromatic N) is 14. The van der Waals surface area contributed by atoms with Crippen LogP contribution in [0.25, 0.3) is 0 Å². The third-order valence-electron chi connectivity index (χ3n) is 17.8. The number of nitrogens with one attached hydrogen (secondary N) is 9. The number of nitrogens with two attached hydrogens (primary N) is 1. The van der Waals surface area contributed by atoms with Crippen LogP contribution in [0.4, 0.5) is 34.1 Å². The summed E-state index contributed by atoms with van der Waals surface area (Å²) in [4.78, 5) is 47.4. The monoisotopic (exact) mass is 2000 g/mol. The van der Waals surface area contributed by atoms with Crippen molar-refractivity contribution in [3.8, 4) is 0 Å². The Bertz CT molecular complexity index is 3510. The number of nitrogen functional groups attached to an aromatic ring is 1. The number of anilines is 4. The molecule has 0 radical (unpaired) electrons. The van der Waals surface area contributed by atoms with Crippen LogP contribution in [-0.4, -0.2) is 241 Å². The Morgan fingerprint density at radius 3 is 0.681 bits per heavy atom. The molecule has 0 atom stereocenters. The van der Waals surface area contributed by atoms with Gasteiger partial charge >= 0.3 is 0 Å². The molecule has 0 saturated carbocycles. The van der Waals surface area contributed by atoms with Crippen LogP contribution in [0.15, 0.2) is 225 Å². The highest BCUT2D eigenvalue weighted by Gasteiger charge is 2.17. The van der Waals surface area contributed by atoms with E-state index in [9.17, 15) is 15.0 Å². The second-order valence-corrected chi connectivity index (χ2v) is 26.5. The maximum Gasteiger partial charge on any atom is 0.269 e. The minimum absolute atomic E-state index is 0. The zero-order valence-corrected chi connectivity index (χ0v) is 76.6. The van der Waals surface area contributed by atoms with Gasteiger partial charge in [0.2, 0.25) is 0 Å². The minimum atomic E-state index is -0.372. The van der Waals surface area contributed by atoms with Crippen LogP contribution in [0, 0.1) is 15.0 Å². The smallest absolute Gasteiger partial charge is 0.269 e. The standard InChI is InChI=1S/C13H18N4O2.3C13H20N4O.C13H18N4O.C13H20N4.6BrH.2H2O/c1-14-10-16-9-8-15(11-16)7-6-12-2-4-13(5-3-12)17(18)19;4*1-14-10-17-9-8-16(11-17)7-6-12-2-4-13(15-18)5-3-12;1-15-10-17-9-8-16(11-17)7-6-12-2-4-13(14)5-3-12;;;;;;;;/h2-5,8-9,14H,6-7,10-11H2,1H3;3*2-5,8-9,14-15,18H,6-7,10-11H2,1H3;2-5,8-9,14H,6-7,10-11H2,1H3;2-5,8-9,15H,6-7,10-11,14H2,1H3;6*1H;2*1H2/p-4. The van der Waals surface area contributed by atoms with Crippen molar-refractivity contribution in [1.29, 1.82) is 0 Å². The van der Waals surface area contributed by atoms with E-state index < -0.39 is 0 Å². The molecule has 0 aliphatic carbocycles. The van der Waals surface area contributed by atoms with Gasteiger partial charge in [0, 0.05) is 131 Å². The summed E-state index contributed by atoms with van der Waals surface area (Å²) in [5, 5.41) is 58.4. The molecule has 6 aromatic carbocycles. The number of rotatable bonds is 35. The van der Waals surface area contributed by atoms with Gasteiger partial charge in [-0.15, -0.1) is 4.91 Å². The van der Waals surface area contributed by atoms with Gasteiger partial charge in [-0.2, -0.15) is 0 Å². The van der Waals surface area contributed by atoms with E-state index in [0.717, 1.165) is 186 Å². The van der Waals surface area contributed by atoms with Crippen LogP contribution in [-0.2, 0) is 49.5 Å². The molecule has 6 aliphatic rings. The molecule has 116 heavy (non-hydrogen) atoms. The number of hydrogen-bond acceptors (Lipinski definition) is 29. The predicted octanol–water partition coefficient (Wildman–Crippen LogP) is -11.8. The lowest BCUT2D eigenvalue weighted by Gasteiger charge is -2.20. The average Bonchev–Trinajstić information content (AvgIpc) is 1.76. The van der Waals surface area contributed by atoms with E-state index >= 15 is 0 Å². The number of nitro benzene ring substituents is 1. The summed E-state index contributed by atoms with van der Waals surface area (Å²) in [6, 6.07) is 45.8. The molecule has 32 nitrogen and oxygen atoms in total. The van der Waals surface area contributed by atoms with Crippen molar-refractivity contribution >= 4 is 34.1 Å². The lowest BCUT2D eigenvalue weighted by Crippen LogP contribution is -3.00. The zero-order chi connectivity index (χ0) is 76.9. The fourth-order valence-electron chi connectivity index (χ4n) is 11.9. The third-order valence-corrected chi connectivity index (χ3v) is 17.8. The molecule has 0 unspecified atom stereocenters. The molecule has 648 valence electrons. The first-order valence-electron chi connectivity index (χ1n) is 36.6. The Balaban J connectivity index is 0. The topological polar surface area (TPSA) is 372 Å². The summed E-state index contributed by atoms with van der Waals surface area (Å²) in [6.45, 7) is 16.8. The van der Waals surface area contributed by atoms with Crippen LogP contribution in [0.1, 0.15) is 33.4 Å². The van der Waals surface area contributed by atoms with E-state index in [0.29, 0.717) is 5.69 Å². The minimum Gasteiger partial charge on any atom is -1.00 e. The summed E-state index contributed by atoms with van der Waals surface area (Å²) >= 11 is 0. The quantitative estimate of drug-likeness (QED) is 0.00578. The first-order valence-corrected chi connectivity index (χ1v) is 36.6. The molecule has 20 N–H and O–H groups in total. The molecule has 6 aromatic rings. The maximum absolute atomic E-state index is 10.6. The number of benzene rings is 6. The van der Waals surface area contributed by atoms with Crippen molar-refractivity contribution in [2.75, 3.05) is 184 Å². The van der Waals surface area contributed by atoms with Gasteiger partial charge < -0.3 is 209 Å². The maximum atomic E-state index is 10.6. The van der Waals surface area contributed by atoms with Gasteiger partial charge in [0.05, 0.1) is 102 Å². The first kappa shape index (κ1) is 110. The highest BCUT2D eigenvalue weighted by molar-refractivity contribution is 5.45. The van der Waals surface area contributed by atoms with Crippen LogP contribution in [0.3, 0.4) is 0 Å². The van der Waals surface area contributed by atoms with Gasteiger partial charge in [-0.05, 0) is 180 Å². The second kappa shape index (κ2) is 64.1. The summed E-state index contributed by atoms with van der Waals surface area (Å²) in [5.41, 5.74) is 23.2. The molecule has 38 heteroatoms. The van der Waals surface area contributed by atoms with E-state index in [-0.39, 0.29) is 123 Å². The van der Waals surface area contributed by atoms with E-state index in [4.69, 9.17) is 21.4 Å². The molecule has 0 amide bonds. The lowest BCUT2D eigenvalue weighted by molar-refractivity contribution is -0.384. The normalized spacial score (nSPS) is 13.4. The van der Waals surface area contributed by atoms with Gasteiger partial charge in [-0.3, -0.25) is 42.2 Å². The second-order valence-electron chi connectivity index (χ2n) is 26.5. The Hall–Kier alpha value is -8.00. The van der Waals surface area contributed by atoms with E-state index in [1.54, 1.807) is 24.3 Å². The Kier molecular flexibility index (Phi) is 60.8. The first-order chi connectivity index (χ1) is 52.7. The van der Waals surface area contributed by atoms with Gasteiger partial charge in [-0.1, -0.05) is 72.8 Å². The predicted molar refractivity (Wildman–Crippen MR) is 442 cm³/mol. The third kappa shape index (κ3) is 42.4. The van der Waals surface area contributed by atoms with Crippen molar-refractivity contribution < 1.29 is 133 Å². The lowest BCUT2D eigenvalue weighted by atomic mass is 10.1. The van der Waals surface area contributed by atoms with Gasteiger partial charge in [0.25, 0.3) is 5.69 Å². The Morgan fingerprint density at radius 1 is 0.319 bits per heavy atom. The molecule has 0 saturated heterocycles. The van der Waals surface area contributed by atoms with Gasteiger partial charge in [-0.25, -0.2) is 0 Å². The fourth-order valence-corrected chi connectivity index (χ4v) is 11.9. The summed E-state index contributed by atoms with van der Waals surface area (Å²) in [5.74, 6) is 0. The van der Waals surface area contributed by atoms with Crippen LogP contribution >= 0.6 is 0 Å². The average molecular weight is 2000 g/mol. The Labute approximate surface area is 748 Å². The molecule has 0 fully saturated rings. The molecule has 0 bridgehead atoms. The molecule has 0 aromatic heterocycles. The zero-order valence-electron chi connectivity index (χ0n) is 67.1. The largest absolute Gasteiger partial charge is 1.00 e. The number of nitro groups is 1. The molecule has 6 aliphatic heterocycles. The molecule has 6 heterocycles. The van der Waals surface area contributed by atoms with Crippen molar-refractivity contribution in [2.45, 2.75) is 38.5 Å². The summed E-state index contributed by atoms with van der Waals surface area (Å²) < 4.78 is 0. The van der Waals surface area contributed by atoms with Gasteiger partial charge in [0.1, 0.15) is 5.69 Å². The van der Waals surface area contributed by atoms with Crippen LogP contribution in [0.5, 0.6) is 0 Å². The van der Waals surface area contributed by atoms with Crippen molar-refractivity contribution in [2.24, 2.45) is 5.18 Å². The molecular weight excluding hydrogens is 1880 g/mol. The molecular formula is C78H122Br6N24O8-4. The van der Waals surface area contributed by atoms with E-state index in [2.05, 4.69) is 199 Å². The van der Waals surface area contributed by atoms with E-state index in [1.807, 2.05) is 151 Å². The highest BCUT2D eigenvalue weighted by atomic mass is 79.9. The number of halogens is 6. The summed E-state index contributed by atoms with van der Waals surface area (Å²) in [7, 11) is 11.7.